The third-order valence-electron chi connectivity index (χ3n) is 1.26. The van der Waals surface area contributed by atoms with Gasteiger partial charge in [-0.15, -0.1) is 0 Å². The van der Waals surface area contributed by atoms with E-state index in [2.05, 4.69) is 6.92 Å². The molecule has 0 aromatic carbocycles. The van der Waals surface area contributed by atoms with Crippen LogP contribution in [0.4, 0.5) is 0 Å². The van der Waals surface area contributed by atoms with Crippen LogP contribution in [-0.4, -0.2) is 23.9 Å². The summed E-state index contributed by atoms with van der Waals surface area (Å²) in [5.41, 5.74) is 0. The lowest BCUT2D eigenvalue weighted by Crippen LogP contribution is -2.28. The summed E-state index contributed by atoms with van der Waals surface area (Å²) in [4.78, 5) is 12.4. The van der Waals surface area contributed by atoms with E-state index >= 15 is 0 Å². The van der Waals surface area contributed by atoms with Crippen molar-refractivity contribution in [2.45, 2.75) is 20.3 Å². The first-order valence-electron chi connectivity index (χ1n) is 3.27. The maximum Gasteiger partial charge on any atom is 0.219 e. The molecule has 0 heterocycles. The SMILES string of the molecule is [CH2]CCN(CC)C(C)=O. The van der Waals surface area contributed by atoms with E-state index in [4.69, 9.17) is 0 Å². The molecule has 0 fully saturated rings. The average Bonchev–Trinajstić information content (AvgIpc) is 1.82. The zero-order chi connectivity index (χ0) is 7.28. The summed E-state index contributed by atoms with van der Waals surface area (Å²) in [7, 11) is 0. The Morgan fingerprint density at radius 3 is 2.33 bits per heavy atom. The van der Waals surface area contributed by atoms with Crippen LogP contribution in [0.2, 0.25) is 0 Å². The molecule has 53 valence electrons. The summed E-state index contributed by atoms with van der Waals surface area (Å²) < 4.78 is 0. The van der Waals surface area contributed by atoms with E-state index in [0.717, 1.165) is 19.5 Å². The Bertz CT molecular complexity index is 90.9. The van der Waals surface area contributed by atoms with Gasteiger partial charge in [0.2, 0.25) is 5.91 Å². The van der Waals surface area contributed by atoms with Gasteiger partial charge < -0.3 is 4.90 Å². The minimum atomic E-state index is 0.140. The van der Waals surface area contributed by atoms with Crippen molar-refractivity contribution < 1.29 is 4.79 Å². The molecule has 0 atom stereocenters. The Morgan fingerprint density at radius 2 is 2.22 bits per heavy atom. The summed E-state index contributed by atoms with van der Waals surface area (Å²) in [5, 5.41) is 0. The molecule has 0 aliphatic heterocycles. The second-order valence-corrected chi connectivity index (χ2v) is 1.95. The van der Waals surface area contributed by atoms with Crippen molar-refractivity contribution in [3.63, 3.8) is 0 Å². The van der Waals surface area contributed by atoms with E-state index in [9.17, 15) is 4.79 Å². The van der Waals surface area contributed by atoms with Gasteiger partial charge in [-0.25, -0.2) is 0 Å². The molecule has 2 nitrogen and oxygen atoms in total. The number of hydrogen-bond donors (Lipinski definition) is 0. The number of rotatable bonds is 3. The summed E-state index contributed by atoms with van der Waals surface area (Å²) in [6.07, 6.45) is 0.799. The van der Waals surface area contributed by atoms with Crippen molar-refractivity contribution in [1.82, 2.24) is 4.90 Å². The highest BCUT2D eigenvalue weighted by atomic mass is 16.2. The van der Waals surface area contributed by atoms with Crippen molar-refractivity contribution in [1.29, 1.82) is 0 Å². The Hall–Kier alpha value is -0.530. The summed E-state index contributed by atoms with van der Waals surface area (Å²) in [6, 6.07) is 0. The number of carbonyl (C=O) groups excluding carboxylic acids is 1. The summed E-state index contributed by atoms with van der Waals surface area (Å²) >= 11 is 0. The van der Waals surface area contributed by atoms with Crippen molar-refractivity contribution in [3.05, 3.63) is 6.92 Å². The van der Waals surface area contributed by atoms with Gasteiger partial charge in [-0.3, -0.25) is 4.79 Å². The van der Waals surface area contributed by atoms with Crippen LogP contribution in [0, 0.1) is 6.92 Å². The van der Waals surface area contributed by atoms with E-state index in [1.807, 2.05) is 6.92 Å². The molecule has 0 aromatic rings. The van der Waals surface area contributed by atoms with Crippen LogP contribution in [0.1, 0.15) is 20.3 Å². The molecule has 0 aliphatic carbocycles. The van der Waals surface area contributed by atoms with Gasteiger partial charge in [0.05, 0.1) is 0 Å². The van der Waals surface area contributed by atoms with Crippen molar-refractivity contribution in [2.24, 2.45) is 0 Å². The zero-order valence-electron chi connectivity index (χ0n) is 6.18. The Labute approximate surface area is 56.9 Å². The van der Waals surface area contributed by atoms with Gasteiger partial charge in [0.15, 0.2) is 0 Å². The number of amides is 1. The Morgan fingerprint density at radius 1 is 1.67 bits per heavy atom. The zero-order valence-corrected chi connectivity index (χ0v) is 6.18. The van der Waals surface area contributed by atoms with Crippen LogP contribution >= 0.6 is 0 Å². The fraction of sp³-hybridized carbons (Fsp3) is 0.714. The molecule has 0 saturated heterocycles. The molecule has 2 heteroatoms. The van der Waals surface area contributed by atoms with E-state index < -0.39 is 0 Å². The first-order chi connectivity index (χ1) is 4.22. The van der Waals surface area contributed by atoms with E-state index in [0.29, 0.717) is 0 Å². The first-order valence-corrected chi connectivity index (χ1v) is 3.27. The van der Waals surface area contributed by atoms with Gasteiger partial charge in [-0.1, -0.05) is 6.92 Å². The van der Waals surface area contributed by atoms with E-state index in [1.54, 1.807) is 11.8 Å². The molecular weight excluding hydrogens is 114 g/mol. The third kappa shape index (κ3) is 3.12. The van der Waals surface area contributed by atoms with Crippen LogP contribution in [0.15, 0.2) is 0 Å². The minimum Gasteiger partial charge on any atom is -0.343 e. The topological polar surface area (TPSA) is 20.3 Å². The quantitative estimate of drug-likeness (QED) is 0.557. The molecule has 0 aliphatic rings. The maximum atomic E-state index is 10.7. The van der Waals surface area contributed by atoms with E-state index in [-0.39, 0.29) is 5.91 Å². The highest BCUT2D eigenvalue weighted by Gasteiger charge is 2.01. The monoisotopic (exact) mass is 128 g/mol. The lowest BCUT2D eigenvalue weighted by atomic mass is 10.4. The lowest BCUT2D eigenvalue weighted by Gasteiger charge is -2.16. The smallest absolute Gasteiger partial charge is 0.219 e. The number of hydrogen-bond acceptors (Lipinski definition) is 1. The van der Waals surface area contributed by atoms with E-state index in [1.165, 1.54) is 0 Å². The minimum absolute atomic E-state index is 0.140. The van der Waals surface area contributed by atoms with Crippen molar-refractivity contribution in [2.75, 3.05) is 13.1 Å². The second kappa shape index (κ2) is 4.36. The normalized spacial score (nSPS) is 9.22. The fourth-order valence-electron chi connectivity index (χ4n) is 0.729. The predicted octanol–water partition coefficient (Wildman–Crippen LogP) is 1.08. The Kier molecular flexibility index (Phi) is 4.10. The number of nitrogens with zero attached hydrogens (tertiary/aromatic N) is 1. The van der Waals surface area contributed by atoms with Gasteiger partial charge in [-0.05, 0) is 13.3 Å². The third-order valence-corrected chi connectivity index (χ3v) is 1.26. The van der Waals surface area contributed by atoms with Gasteiger partial charge in [0.1, 0.15) is 0 Å². The predicted molar refractivity (Wildman–Crippen MR) is 37.9 cm³/mol. The van der Waals surface area contributed by atoms with Crippen molar-refractivity contribution in [3.8, 4) is 0 Å². The molecule has 0 rings (SSSR count). The van der Waals surface area contributed by atoms with Gasteiger partial charge in [-0.2, -0.15) is 0 Å². The van der Waals surface area contributed by atoms with Gasteiger partial charge in [0.25, 0.3) is 0 Å². The van der Waals surface area contributed by atoms with Crippen LogP contribution in [0.3, 0.4) is 0 Å². The summed E-state index contributed by atoms with van der Waals surface area (Å²) in [6.45, 7) is 8.79. The van der Waals surface area contributed by atoms with Crippen molar-refractivity contribution >= 4 is 5.91 Å². The van der Waals surface area contributed by atoms with Gasteiger partial charge >= 0.3 is 0 Å². The molecular formula is C7H14NO. The molecule has 0 aromatic heterocycles. The Balaban J connectivity index is 3.54. The first kappa shape index (κ1) is 8.47. The lowest BCUT2D eigenvalue weighted by molar-refractivity contribution is -0.128. The van der Waals surface area contributed by atoms with Crippen LogP contribution in [0.5, 0.6) is 0 Å². The van der Waals surface area contributed by atoms with Gasteiger partial charge in [0, 0.05) is 20.0 Å². The molecule has 9 heavy (non-hydrogen) atoms. The average molecular weight is 128 g/mol. The standard InChI is InChI=1S/C7H14NO/c1-4-6-8(5-2)7(3)9/h1,4-6H2,2-3H3. The summed E-state index contributed by atoms with van der Waals surface area (Å²) in [5.74, 6) is 0.140. The molecule has 0 bridgehead atoms. The number of carbonyl (C=O) groups is 1. The molecule has 1 amide bonds. The molecule has 0 spiro atoms. The molecule has 0 unspecified atom stereocenters. The van der Waals surface area contributed by atoms with Crippen LogP contribution < -0.4 is 0 Å². The molecule has 1 radical (unpaired) electrons. The maximum absolute atomic E-state index is 10.7. The molecule has 0 saturated carbocycles. The highest BCUT2D eigenvalue weighted by Crippen LogP contribution is 1.89. The highest BCUT2D eigenvalue weighted by molar-refractivity contribution is 5.73. The fourth-order valence-corrected chi connectivity index (χ4v) is 0.729. The second-order valence-electron chi connectivity index (χ2n) is 1.95. The van der Waals surface area contributed by atoms with Crippen LogP contribution in [-0.2, 0) is 4.79 Å². The molecule has 0 N–H and O–H groups in total. The van der Waals surface area contributed by atoms with Crippen LogP contribution in [0.25, 0.3) is 0 Å². The largest absolute Gasteiger partial charge is 0.343 e.